The summed E-state index contributed by atoms with van der Waals surface area (Å²) in [6.45, 7) is 3.36. The van der Waals surface area contributed by atoms with Gasteiger partial charge in [-0.15, -0.1) is 0 Å². The van der Waals surface area contributed by atoms with Crippen LogP contribution < -0.4 is 0 Å². The van der Waals surface area contributed by atoms with E-state index in [0.717, 1.165) is 25.8 Å². The van der Waals surface area contributed by atoms with Crippen molar-refractivity contribution in [3.05, 3.63) is 0 Å². The molecule has 2 fully saturated rings. The third-order valence-corrected chi connectivity index (χ3v) is 4.52. The minimum absolute atomic E-state index is 0.104. The second-order valence-corrected chi connectivity index (χ2v) is 5.62. The zero-order valence-electron chi connectivity index (χ0n) is 10.9. The molecule has 3 unspecified atom stereocenters. The van der Waals surface area contributed by atoms with Crippen LogP contribution in [0.15, 0.2) is 0 Å². The second kappa shape index (κ2) is 5.85. The second-order valence-electron chi connectivity index (χ2n) is 5.62. The van der Waals surface area contributed by atoms with Gasteiger partial charge in [0, 0.05) is 12.1 Å². The van der Waals surface area contributed by atoms with Crippen molar-refractivity contribution in [3.63, 3.8) is 0 Å². The molecule has 0 amide bonds. The van der Waals surface area contributed by atoms with E-state index in [1.165, 1.54) is 32.1 Å². The van der Waals surface area contributed by atoms with Crippen molar-refractivity contribution in [1.82, 2.24) is 4.90 Å². The average molecular weight is 239 g/mol. The maximum Gasteiger partial charge on any atom is 0.308 e. The topological polar surface area (TPSA) is 40.5 Å². The number of carbonyl (C=O) groups is 1. The Kier molecular flexibility index (Phi) is 4.43. The van der Waals surface area contributed by atoms with Gasteiger partial charge in [-0.25, -0.2) is 0 Å². The first-order chi connectivity index (χ1) is 8.24. The molecule has 1 heterocycles. The molecule has 0 aromatic heterocycles. The van der Waals surface area contributed by atoms with Crippen LogP contribution in [0.1, 0.15) is 58.3 Å². The Hall–Kier alpha value is -0.570. The van der Waals surface area contributed by atoms with Crippen molar-refractivity contribution < 1.29 is 9.90 Å². The predicted octanol–water partition coefficient (Wildman–Crippen LogP) is 2.89. The van der Waals surface area contributed by atoms with Crippen LogP contribution in [0.2, 0.25) is 0 Å². The van der Waals surface area contributed by atoms with Crippen LogP contribution in [0.3, 0.4) is 0 Å². The van der Waals surface area contributed by atoms with Crippen molar-refractivity contribution in [2.75, 3.05) is 6.54 Å². The lowest BCUT2D eigenvalue weighted by atomic mass is 9.92. The minimum Gasteiger partial charge on any atom is -0.481 e. The van der Waals surface area contributed by atoms with Gasteiger partial charge in [0.05, 0.1) is 5.92 Å². The summed E-state index contributed by atoms with van der Waals surface area (Å²) in [6, 6.07) is 0.975. The minimum atomic E-state index is -0.576. The highest BCUT2D eigenvalue weighted by atomic mass is 16.4. The SMILES string of the molecule is CCCC1CCCCN1C1CCCC1C(=O)O. The van der Waals surface area contributed by atoms with Crippen molar-refractivity contribution >= 4 is 5.97 Å². The van der Waals surface area contributed by atoms with Gasteiger partial charge in [0.15, 0.2) is 0 Å². The van der Waals surface area contributed by atoms with E-state index in [-0.39, 0.29) is 5.92 Å². The fourth-order valence-corrected chi connectivity index (χ4v) is 3.73. The summed E-state index contributed by atoms with van der Waals surface area (Å²) in [4.78, 5) is 13.8. The molecule has 2 rings (SSSR count). The highest BCUT2D eigenvalue weighted by molar-refractivity contribution is 5.71. The molecule has 2 aliphatic rings. The van der Waals surface area contributed by atoms with E-state index in [4.69, 9.17) is 0 Å². The van der Waals surface area contributed by atoms with E-state index in [1.54, 1.807) is 0 Å². The van der Waals surface area contributed by atoms with Gasteiger partial charge in [0.25, 0.3) is 0 Å². The smallest absolute Gasteiger partial charge is 0.308 e. The predicted molar refractivity (Wildman–Crippen MR) is 68.0 cm³/mol. The number of aliphatic carboxylic acids is 1. The van der Waals surface area contributed by atoms with Crippen LogP contribution in [0.5, 0.6) is 0 Å². The number of piperidine rings is 1. The van der Waals surface area contributed by atoms with Gasteiger partial charge in [0.1, 0.15) is 0 Å². The lowest BCUT2D eigenvalue weighted by Crippen LogP contribution is -2.49. The van der Waals surface area contributed by atoms with E-state index in [2.05, 4.69) is 11.8 Å². The maximum atomic E-state index is 11.3. The van der Waals surface area contributed by atoms with Crippen LogP contribution in [-0.2, 0) is 4.79 Å². The van der Waals surface area contributed by atoms with Crippen molar-refractivity contribution in [2.45, 2.75) is 70.4 Å². The molecule has 1 aliphatic carbocycles. The van der Waals surface area contributed by atoms with Gasteiger partial charge < -0.3 is 5.11 Å². The Labute approximate surface area is 104 Å². The molecule has 1 aliphatic heterocycles. The highest BCUT2D eigenvalue weighted by Crippen LogP contribution is 2.35. The maximum absolute atomic E-state index is 11.3. The Bertz CT molecular complexity index is 265. The number of hydrogen-bond acceptors (Lipinski definition) is 2. The summed E-state index contributed by atoms with van der Waals surface area (Å²) in [5.41, 5.74) is 0. The van der Waals surface area contributed by atoms with E-state index >= 15 is 0 Å². The highest BCUT2D eigenvalue weighted by Gasteiger charge is 2.39. The zero-order chi connectivity index (χ0) is 12.3. The molecule has 3 nitrogen and oxygen atoms in total. The van der Waals surface area contributed by atoms with Gasteiger partial charge >= 0.3 is 5.97 Å². The van der Waals surface area contributed by atoms with Gasteiger partial charge in [-0.1, -0.05) is 26.2 Å². The molecule has 0 bridgehead atoms. The Morgan fingerprint density at radius 1 is 1.24 bits per heavy atom. The molecule has 0 aromatic carbocycles. The molecular formula is C14H25NO2. The van der Waals surface area contributed by atoms with E-state index in [9.17, 15) is 9.90 Å². The normalized spacial score (nSPS) is 35.0. The number of likely N-dealkylation sites (tertiary alicyclic amines) is 1. The Balaban J connectivity index is 2.04. The number of nitrogens with zero attached hydrogens (tertiary/aromatic N) is 1. The zero-order valence-corrected chi connectivity index (χ0v) is 10.9. The molecule has 17 heavy (non-hydrogen) atoms. The summed E-state index contributed by atoms with van der Waals surface area (Å²) < 4.78 is 0. The quantitative estimate of drug-likeness (QED) is 0.820. The van der Waals surface area contributed by atoms with Crippen LogP contribution in [0, 0.1) is 5.92 Å². The summed E-state index contributed by atoms with van der Waals surface area (Å²) in [5.74, 6) is -0.680. The standard InChI is InChI=1S/C14H25NO2/c1-2-6-11-7-3-4-10-15(11)13-9-5-8-12(13)14(16)17/h11-13H,2-10H2,1H3,(H,16,17). The van der Waals surface area contributed by atoms with Gasteiger partial charge in [-0.2, -0.15) is 0 Å². The average Bonchev–Trinajstić information content (AvgIpc) is 2.79. The van der Waals surface area contributed by atoms with E-state index < -0.39 is 5.97 Å². The Morgan fingerprint density at radius 2 is 2.06 bits per heavy atom. The van der Waals surface area contributed by atoms with E-state index in [1.807, 2.05) is 0 Å². The molecule has 1 saturated carbocycles. The van der Waals surface area contributed by atoms with Gasteiger partial charge in [-0.05, 0) is 38.6 Å². The fraction of sp³-hybridized carbons (Fsp3) is 0.929. The monoisotopic (exact) mass is 239 g/mol. The van der Waals surface area contributed by atoms with Crippen molar-refractivity contribution in [3.8, 4) is 0 Å². The van der Waals surface area contributed by atoms with Crippen molar-refractivity contribution in [1.29, 1.82) is 0 Å². The molecule has 0 spiro atoms. The summed E-state index contributed by atoms with van der Waals surface area (Å²) in [7, 11) is 0. The number of rotatable bonds is 4. The molecule has 98 valence electrons. The lowest BCUT2D eigenvalue weighted by Gasteiger charge is -2.41. The first kappa shape index (κ1) is 12.9. The number of carboxylic acids is 1. The first-order valence-corrected chi connectivity index (χ1v) is 7.22. The molecule has 1 N–H and O–H groups in total. The number of carboxylic acid groups (broad SMARTS) is 1. The molecule has 0 radical (unpaired) electrons. The summed E-state index contributed by atoms with van der Waals surface area (Å²) in [5, 5.41) is 9.30. The molecule has 1 saturated heterocycles. The fourth-order valence-electron chi connectivity index (χ4n) is 3.73. The van der Waals surface area contributed by atoms with Crippen LogP contribution in [-0.4, -0.2) is 34.6 Å². The third kappa shape index (κ3) is 2.82. The van der Waals surface area contributed by atoms with Crippen LogP contribution in [0.4, 0.5) is 0 Å². The molecule has 3 atom stereocenters. The summed E-state index contributed by atoms with van der Waals surface area (Å²) in [6.07, 6.45) is 9.38. The molecule has 0 aromatic rings. The summed E-state index contributed by atoms with van der Waals surface area (Å²) >= 11 is 0. The largest absolute Gasteiger partial charge is 0.481 e. The van der Waals surface area contributed by atoms with Gasteiger partial charge in [-0.3, -0.25) is 9.69 Å². The van der Waals surface area contributed by atoms with Gasteiger partial charge in [0.2, 0.25) is 0 Å². The van der Waals surface area contributed by atoms with Crippen LogP contribution >= 0.6 is 0 Å². The van der Waals surface area contributed by atoms with Crippen LogP contribution in [0.25, 0.3) is 0 Å². The Morgan fingerprint density at radius 3 is 2.76 bits per heavy atom. The van der Waals surface area contributed by atoms with E-state index in [0.29, 0.717) is 12.1 Å². The molecule has 3 heteroatoms. The molecular weight excluding hydrogens is 214 g/mol. The number of hydrogen-bond donors (Lipinski definition) is 1. The first-order valence-electron chi connectivity index (χ1n) is 7.22. The van der Waals surface area contributed by atoms with Crippen molar-refractivity contribution in [2.24, 2.45) is 5.92 Å². The lowest BCUT2D eigenvalue weighted by molar-refractivity contribution is -0.144. The third-order valence-electron chi connectivity index (χ3n) is 4.52.